The van der Waals surface area contributed by atoms with E-state index in [0.29, 0.717) is 5.75 Å². The van der Waals surface area contributed by atoms with E-state index in [1.54, 1.807) is 6.07 Å². The summed E-state index contributed by atoms with van der Waals surface area (Å²) in [6, 6.07) is 20.8. The Morgan fingerprint density at radius 3 is 2.10 bits per heavy atom. The fourth-order valence-corrected chi connectivity index (χ4v) is 5.48. The van der Waals surface area contributed by atoms with E-state index in [1.165, 1.54) is 12.7 Å². The zero-order valence-corrected chi connectivity index (χ0v) is 18.2. The minimum atomic E-state index is -3.82. The van der Waals surface area contributed by atoms with E-state index >= 15 is 0 Å². The quantitative estimate of drug-likeness (QED) is 0.613. The van der Waals surface area contributed by atoms with Gasteiger partial charge in [0.25, 0.3) is 0 Å². The normalized spacial score (nSPS) is 14.7. The molecular weight excluding hydrogens is 394 g/mol. The molecule has 5 heteroatoms. The molecule has 30 heavy (non-hydrogen) atoms. The molecule has 4 nitrogen and oxygen atoms in total. The minimum absolute atomic E-state index is 0.207. The van der Waals surface area contributed by atoms with Gasteiger partial charge in [0.1, 0.15) is 10.6 Å². The Kier molecular flexibility index (Phi) is 5.93. The second-order valence-electron chi connectivity index (χ2n) is 7.85. The highest BCUT2D eigenvalue weighted by Crippen LogP contribution is 2.33. The lowest BCUT2D eigenvalue weighted by atomic mass is 9.92. The molecule has 0 unspecified atom stereocenters. The highest BCUT2D eigenvalue weighted by atomic mass is 32.2. The largest absolute Gasteiger partial charge is 0.495 e. The van der Waals surface area contributed by atoms with Crippen LogP contribution in [0, 0.1) is 6.92 Å². The molecule has 156 valence electrons. The molecule has 3 aromatic rings. The fourth-order valence-electron chi connectivity index (χ4n) is 4.06. The molecule has 1 atom stereocenters. The zero-order chi connectivity index (χ0) is 21.1. The van der Waals surface area contributed by atoms with Crippen LogP contribution in [0.15, 0.2) is 71.6 Å². The summed E-state index contributed by atoms with van der Waals surface area (Å²) in [6.45, 7) is 2.02. The summed E-state index contributed by atoms with van der Waals surface area (Å²) < 4.78 is 35.5. The maximum Gasteiger partial charge on any atom is 0.245 e. The van der Waals surface area contributed by atoms with Crippen molar-refractivity contribution in [2.45, 2.75) is 43.5 Å². The van der Waals surface area contributed by atoms with Crippen LogP contribution in [0.4, 0.5) is 0 Å². The van der Waals surface area contributed by atoms with Gasteiger partial charge in [0.05, 0.1) is 13.2 Å². The Morgan fingerprint density at radius 2 is 1.47 bits per heavy atom. The van der Waals surface area contributed by atoms with Gasteiger partial charge in [-0.2, -0.15) is 4.72 Å². The number of hydrogen-bond acceptors (Lipinski definition) is 3. The fraction of sp³-hybridized carbons (Fsp3) is 0.280. The maximum absolute atomic E-state index is 13.5. The zero-order valence-electron chi connectivity index (χ0n) is 17.4. The number of benzene rings is 3. The van der Waals surface area contributed by atoms with Crippen molar-refractivity contribution in [3.63, 3.8) is 0 Å². The summed E-state index contributed by atoms with van der Waals surface area (Å²) >= 11 is 0. The molecule has 1 N–H and O–H groups in total. The van der Waals surface area contributed by atoms with Gasteiger partial charge in [-0.15, -0.1) is 0 Å². The molecular formula is C25H27NO3S. The summed E-state index contributed by atoms with van der Waals surface area (Å²) in [4.78, 5) is 0.207. The van der Waals surface area contributed by atoms with Crippen molar-refractivity contribution < 1.29 is 13.2 Å². The second-order valence-corrected chi connectivity index (χ2v) is 9.54. The van der Waals surface area contributed by atoms with Gasteiger partial charge in [0.15, 0.2) is 0 Å². The van der Waals surface area contributed by atoms with Gasteiger partial charge in [0.2, 0.25) is 10.0 Å². The number of fused-ring (bicyclic) bond motifs is 1. The first-order valence-electron chi connectivity index (χ1n) is 10.3. The van der Waals surface area contributed by atoms with Crippen LogP contribution in [0.5, 0.6) is 5.75 Å². The van der Waals surface area contributed by atoms with E-state index in [2.05, 4.69) is 4.72 Å². The highest BCUT2D eigenvalue weighted by molar-refractivity contribution is 7.89. The van der Waals surface area contributed by atoms with Crippen LogP contribution >= 0.6 is 0 Å². The van der Waals surface area contributed by atoms with E-state index < -0.39 is 16.1 Å². The topological polar surface area (TPSA) is 55.4 Å². The number of methoxy groups -OCH3 is 1. The Bertz CT molecular complexity index is 1120. The third-order valence-electron chi connectivity index (χ3n) is 5.73. The van der Waals surface area contributed by atoms with Crippen LogP contribution in [0.2, 0.25) is 0 Å². The summed E-state index contributed by atoms with van der Waals surface area (Å²) in [7, 11) is -2.29. The lowest BCUT2D eigenvalue weighted by molar-refractivity contribution is 0.400. The van der Waals surface area contributed by atoms with E-state index in [1.807, 2.05) is 67.6 Å². The highest BCUT2D eigenvalue weighted by Gasteiger charge is 2.27. The molecule has 0 radical (unpaired) electrons. The molecule has 0 bridgehead atoms. The first-order valence-corrected chi connectivity index (χ1v) is 11.8. The van der Waals surface area contributed by atoms with Crippen LogP contribution in [0.25, 0.3) is 0 Å². The van der Waals surface area contributed by atoms with Crippen LogP contribution in [-0.2, 0) is 22.9 Å². The van der Waals surface area contributed by atoms with Crippen molar-refractivity contribution >= 4 is 10.0 Å². The number of nitrogens with one attached hydrogen (secondary N) is 1. The van der Waals surface area contributed by atoms with Crippen molar-refractivity contribution in [3.05, 3.63) is 94.5 Å². The first-order chi connectivity index (χ1) is 14.5. The number of hydrogen-bond donors (Lipinski definition) is 1. The average Bonchev–Trinajstić information content (AvgIpc) is 2.78. The molecule has 0 saturated heterocycles. The summed E-state index contributed by atoms with van der Waals surface area (Å²) in [5, 5.41) is 0. The summed E-state index contributed by atoms with van der Waals surface area (Å²) in [5.41, 5.74) is 5.21. The van der Waals surface area contributed by atoms with Gasteiger partial charge in [-0.1, -0.05) is 60.2 Å². The second kappa shape index (κ2) is 8.62. The summed E-state index contributed by atoms with van der Waals surface area (Å²) in [6.07, 6.45) is 4.09. The monoisotopic (exact) mass is 421 g/mol. The van der Waals surface area contributed by atoms with Gasteiger partial charge in [-0.05, 0) is 67.0 Å². The molecule has 0 spiro atoms. The van der Waals surface area contributed by atoms with Crippen molar-refractivity contribution in [2.24, 2.45) is 0 Å². The molecule has 4 rings (SSSR count). The number of sulfonamides is 1. The molecule has 0 aromatic heterocycles. The number of aryl methyl sites for hydroxylation is 3. The maximum atomic E-state index is 13.5. The Hall–Kier alpha value is -2.63. The van der Waals surface area contributed by atoms with Gasteiger partial charge in [-0.25, -0.2) is 8.42 Å². The smallest absolute Gasteiger partial charge is 0.245 e. The SMILES string of the molecule is COc1cc2c(cc1S(=O)(=O)N[C@H](c1ccccc1)c1ccc(C)cc1)CCCC2. The van der Waals surface area contributed by atoms with Crippen LogP contribution < -0.4 is 9.46 Å². The van der Waals surface area contributed by atoms with Crippen molar-refractivity contribution in [1.82, 2.24) is 4.72 Å². The van der Waals surface area contributed by atoms with Gasteiger partial charge in [-0.3, -0.25) is 0 Å². The summed E-state index contributed by atoms with van der Waals surface area (Å²) in [5.74, 6) is 0.402. The molecule has 0 aliphatic heterocycles. The van der Waals surface area contributed by atoms with Gasteiger partial charge < -0.3 is 4.74 Å². The third-order valence-corrected chi connectivity index (χ3v) is 7.18. The van der Waals surface area contributed by atoms with Crippen molar-refractivity contribution in [1.29, 1.82) is 0 Å². The van der Waals surface area contributed by atoms with Crippen LogP contribution in [0.3, 0.4) is 0 Å². The number of ether oxygens (including phenoxy) is 1. The third kappa shape index (κ3) is 4.27. The van der Waals surface area contributed by atoms with Crippen LogP contribution in [-0.4, -0.2) is 15.5 Å². The first kappa shape index (κ1) is 20.6. The molecule has 1 aliphatic carbocycles. The van der Waals surface area contributed by atoms with E-state index in [9.17, 15) is 8.42 Å². The molecule has 3 aromatic carbocycles. The Labute approximate surface area is 179 Å². The lowest BCUT2D eigenvalue weighted by Crippen LogP contribution is -2.30. The van der Waals surface area contributed by atoms with Crippen molar-refractivity contribution in [3.8, 4) is 5.75 Å². The Morgan fingerprint density at radius 1 is 0.867 bits per heavy atom. The predicted molar refractivity (Wildman–Crippen MR) is 119 cm³/mol. The Balaban J connectivity index is 1.76. The molecule has 1 aliphatic rings. The minimum Gasteiger partial charge on any atom is -0.495 e. The lowest BCUT2D eigenvalue weighted by Gasteiger charge is -2.23. The molecule has 0 fully saturated rings. The van der Waals surface area contributed by atoms with Gasteiger partial charge in [0, 0.05) is 0 Å². The molecule has 0 amide bonds. The number of rotatable bonds is 6. The van der Waals surface area contributed by atoms with E-state index in [4.69, 9.17) is 4.74 Å². The van der Waals surface area contributed by atoms with Gasteiger partial charge >= 0.3 is 0 Å². The standard InChI is InChI=1S/C25H27NO3S/c1-18-12-14-20(15-13-18)25(19-8-4-3-5-9-19)26-30(27,28)24-17-22-11-7-6-10-21(22)16-23(24)29-2/h3-5,8-9,12-17,25-26H,6-7,10-11H2,1-2H3/t25-/m1/s1. The van der Waals surface area contributed by atoms with Crippen LogP contribution in [0.1, 0.15) is 46.7 Å². The average molecular weight is 422 g/mol. The van der Waals surface area contributed by atoms with E-state index in [0.717, 1.165) is 47.9 Å². The van der Waals surface area contributed by atoms with Crippen molar-refractivity contribution in [2.75, 3.05) is 7.11 Å². The van der Waals surface area contributed by atoms with E-state index in [-0.39, 0.29) is 4.90 Å². The molecule has 0 saturated carbocycles. The molecule has 0 heterocycles. The predicted octanol–water partition coefficient (Wildman–Crippen LogP) is 4.95.